The lowest BCUT2D eigenvalue weighted by molar-refractivity contribution is 1.41. The summed E-state index contributed by atoms with van der Waals surface area (Å²) in [5, 5.41) is 0. The van der Waals surface area contributed by atoms with Crippen molar-refractivity contribution in [2.24, 2.45) is 20.0 Å². The highest BCUT2D eigenvalue weighted by atomic mass is 14.8. The van der Waals surface area contributed by atoms with Gasteiger partial charge in [0.1, 0.15) is 0 Å². The summed E-state index contributed by atoms with van der Waals surface area (Å²) in [7, 11) is 0. The number of nitrogens with two attached hydrogens (primary N) is 1. The van der Waals surface area contributed by atoms with Gasteiger partial charge in [-0.25, -0.2) is 20.0 Å². The first-order valence-electron chi connectivity index (χ1n) is 10.5. The second-order valence-electron chi connectivity index (χ2n) is 7.81. The van der Waals surface area contributed by atoms with Crippen LogP contribution in [0.2, 0.25) is 0 Å². The van der Waals surface area contributed by atoms with E-state index in [0.717, 1.165) is 56.8 Å². The first-order chi connectivity index (χ1) is 16.2. The number of allylic oxidation sites excluding steroid dienone is 12. The van der Waals surface area contributed by atoms with Gasteiger partial charge in [-0.15, -0.1) is 0 Å². The third-order valence-corrected chi connectivity index (χ3v) is 5.29. The molecule has 0 spiro atoms. The molecule has 0 fully saturated rings. The number of hydrogen-bond acceptors (Lipinski definition) is 5. The number of benzene rings is 1. The van der Waals surface area contributed by atoms with Crippen LogP contribution in [0.15, 0.2) is 139 Å². The quantitative estimate of drug-likeness (QED) is 0.481. The molecule has 5 heteroatoms. The maximum absolute atomic E-state index is 5.78. The van der Waals surface area contributed by atoms with Crippen LogP contribution in [0.3, 0.4) is 0 Å². The van der Waals surface area contributed by atoms with Gasteiger partial charge in [-0.2, -0.15) is 0 Å². The van der Waals surface area contributed by atoms with E-state index in [0.29, 0.717) is 5.69 Å². The van der Waals surface area contributed by atoms with Crippen molar-refractivity contribution in [1.29, 1.82) is 0 Å². The highest BCUT2D eigenvalue weighted by Crippen LogP contribution is 2.23. The fraction of sp³-hybridized carbons (Fsp3) is 0. The molecular formula is C28H17N5. The molecule has 0 unspecified atom stereocenters. The largest absolute Gasteiger partial charge is 0.399 e. The molecule has 0 radical (unpaired) electrons. The molecule has 5 aliphatic rings. The molecule has 1 aromatic carbocycles. The number of anilines is 1. The van der Waals surface area contributed by atoms with E-state index in [4.69, 9.17) is 15.7 Å². The van der Waals surface area contributed by atoms with Crippen LogP contribution >= 0.6 is 0 Å². The molecule has 1 aromatic rings. The number of aliphatic imine (C=N–C) groups is 4. The summed E-state index contributed by atoms with van der Waals surface area (Å²) >= 11 is 0. The van der Waals surface area contributed by atoms with Crippen LogP contribution in [-0.4, -0.2) is 22.8 Å². The monoisotopic (exact) mass is 423 g/mol. The van der Waals surface area contributed by atoms with Gasteiger partial charge in [-0.1, -0.05) is 11.8 Å². The van der Waals surface area contributed by atoms with E-state index in [1.807, 2.05) is 91.1 Å². The Bertz CT molecular complexity index is 1530. The standard InChI is InChI=1S/C28H17N5/c29-20-5-2-18(3-6-20)1-4-19-13-27-16-25-10-9-23(31-25)14-21-7-8-22(30-21)15-24-11-12-26(32-24)17-28(19)33-27/h2-3,5-17H,29H2. The Morgan fingerprint density at radius 3 is 1.67 bits per heavy atom. The predicted molar refractivity (Wildman–Crippen MR) is 135 cm³/mol. The van der Waals surface area contributed by atoms with Crippen molar-refractivity contribution in [3.05, 3.63) is 125 Å². The van der Waals surface area contributed by atoms with Crippen LogP contribution in [0.5, 0.6) is 0 Å². The van der Waals surface area contributed by atoms with E-state index in [1.165, 1.54) is 0 Å². The lowest BCUT2D eigenvalue weighted by Gasteiger charge is -1.96. The zero-order chi connectivity index (χ0) is 22.2. The highest BCUT2D eigenvalue weighted by molar-refractivity contribution is 6.17. The van der Waals surface area contributed by atoms with Crippen molar-refractivity contribution in [2.75, 3.05) is 5.73 Å². The van der Waals surface area contributed by atoms with Crippen molar-refractivity contribution in [3.63, 3.8) is 0 Å². The molecule has 0 aliphatic carbocycles. The topological polar surface area (TPSA) is 75.5 Å². The summed E-state index contributed by atoms with van der Waals surface area (Å²) in [6.45, 7) is 0. The van der Waals surface area contributed by atoms with E-state index in [-0.39, 0.29) is 0 Å². The van der Waals surface area contributed by atoms with Gasteiger partial charge in [-0.05, 0) is 91.1 Å². The number of nitrogens with zero attached hydrogens (tertiary/aromatic N) is 4. The molecule has 5 aliphatic heterocycles. The number of rotatable bonds is 0. The second-order valence-corrected chi connectivity index (χ2v) is 7.81. The number of nitrogen functional groups attached to an aromatic ring is 1. The van der Waals surface area contributed by atoms with E-state index in [1.54, 1.807) is 0 Å². The fourth-order valence-electron chi connectivity index (χ4n) is 3.70. The molecule has 154 valence electrons. The molecule has 5 heterocycles. The van der Waals surface area contributed by atoms with Crippen LogP contribution in [-0.2, 0) is 0 Å². The molecule has 6 rings (SSSR count). The Balaban J connectivity index is 1.44. The first kappa shape index (κ1) is 18.9. The normalized spacial score (nSPS) is 19.5. The number of hydrogen-bond donors (Lipinski definition) is 1. The van der Waals surface area contributed by atoms with Gasteiger partial charge in [0.25, 0.3) is 0 Å². The zero-order valence-electron chi connectivity index (χ0n) is 17.5. The van der Waals surface area contributed by atoms with Crippen LogP contribution in [0.25, 0.3) is 0 Å². The fourth-order valence-corrected chi connectivity index (χ4v) is 3.70. The van der Waals surface area contributed by atoms with Crippen molar-refractivity contribution < 1.29 is 0 Å². The molecular weight excluding hydrogens is 406 g/mol. The summed E-state index contributed by atoms with van der Waals surface area (Å²) in [4.78, 5) is 18.8. The Morgan fingerprint density at radius 1 is 0.515 bits per heavy atom. The van der Waals surface area contributed by atoms with Gasteiger partial charge in [0, 0.05) is 11.3 Å². The van der Waals surface area contributed by atoms with Gasteiger partial charge in [0.05, 0.1) is 51.2 Å². The molecule has 5 nitrogen and oxygen atoms in total. The summed E-state index contributed by atoms with van der Waals surface area (Å²) < 4.78 is 0. The first-order valence-corrected chi connectivity index (χ1v) is 10.5. The summed E-state index contributed by atoms with van der Waals surface area (Å²) in [5.41, 5.74) is 14.9. The van der Waals surface area contributed by atoms with Gasteiger partial charge in [0.2, 0.25) is 0 Å². The third kappa shape index (κ3) is 4.06. The molecule has 33 heavy (non-hydrogen) atoms. The van der Waals surface area contributed by atoms with Gasteiger partial charge >= 0.3 is 0 Å². The predicted octanol–water partition coefficient (Wildman–Crippen LogP) is 4.58. The molecule has 8 bridgehead atoms. The maximum atomic E-state index is 5.78. The van der Waals surface area contributed by atoms with Crippen LogP contribution < -0.4 is 5.73 Å². The van der Waals surface area contributed by atoms with E-state index in [9.17, 15) is 0 Å². The summed E-state index contributed by atoms with van der Waals surface area (Å²) in [6, 6.07) is 7.51. The Morgan fingerprint density at radius 2 is 1.06 bits per heavy atom. The van der Waals surface area contributed by atoms with Crippen molar-refractivity contribution >= 4 is 28.5 Å². The van der Waals surface area contributed by atoms with Crippen molar-refractivity contribution in [1.82, 2.24) is 0 Å². The Kier molecular flexibility index (Phi) is 4.41. The van der Waals surface area contributed by atoms with Crippen molar-refractivity contribution in [3.8, 4) is 11.8 Å². The molecule has 0 saturated carbocycles. The Hall–Kier alpha value is -4.82. The van der Waals surface area contributed by atoms with Crippen molar-refractivity contribution in [2.45, 2.75) is 0 Å². The molecule has 0 saturated heterocycles. The summed E-state index contributed by atoms with van der Waals surface area (Å²) in [6.07, 6.45) is 21.7. The smallest absolute Gasteiger partial charge is 0.0815 e. The Labute approximate surface area is 191 Å². The number of fused-ring (bicyclic) bond motifs is 4. The minimum Gasteiger partial charge on any atom is -0.399 e. The molecule has 2 N–H and O–H groups in total. The molecule has 0 aromatic heterocycles. The maximum Gasteiger partial charge on any atom is 0.0815 e. The zero-order valence-corrected chi connectivity index (χ0v) is 17.5. The van der Waals surface area contributed by atoms with Crippen LogP contribution in [0.4, 0.5) is 5.69 Å². The summed E-state index contributed by atoms with van der Waals surface area (Å²) in [5.74, 6) is 6.46. The third-order valence-electron chi connectivity index (χ3n) is 5.29. The van der Waals surface area contributed by atoms with Gasteiger partial charge in [0.15, 0.2) is 0 Å². The average molecular weight is 423 g/mol. The van der Waals surface area contributed by atoms with E-state index >= 15 is 0 Å². The second kappa shape index (κ2) is 7.70. The van der Waals surface area contributed by atoms with E-state index in [2.05, 4.69) is 21.8 Å². The molecule has 0 atom stereocenters. The lowest BCUT2D eigenvalue weighted by atomic mass is 10.1. The lowest BCUT2D eigenvalue weighted by Crippen LogP contribution is -1.94. The van der Waals surface area contributed by atoms with Gasteiger partial charge < -0.3 is 5.73 Å². The van der Waals surface area contributed by atoms with E-state index < -0.39 is 0 Å². The van der Waals surface area contributed by atoms with Crippen LogP contribution in [0.1, 0.15) is 5.56 Å². The SMILES string of the molecule is Nc1ccc(C#CC2=CC3=CC4=NC(=CC5=NC(=CC6=NC(=CC2=N3)C=C6)C=C5)C=C4)cc1. The molecule has 0 amide bonds. The minimum absolute atomic E-state index is 0.715. The minimum atomic E-state index is 0.715. The highest BCUT2D eigenvalue weighted by Gasteiger charge is 2.16. The average Bonchev–Trinajstić information content (AvgIpc) is 3.59. The van der Waals surface area contributed by atoms with Crippen LogP contribution in [0, 0.1) is 11.8 Å². The van der Waals surface area contributed by atoms with Gasteiger partial charge in [-0.3, -0.25) is 0 Å².